The number of aliphatic hydroxyl groups excluding tert-OH is 1. The summed E-state index contributed by atoms with van der Waals surface area (Å²) in [4.78, 5) is 5.39. The standard InChI is InChI=1S/C12H13N5O2S2/c1-7(21-12-15-14-9(6-18)17(12)2)11-13-10(16-19-11)8-4-3-5-20-8/h3-5,7,18H,6H2,1-2H3. The summed E-state index contributed by atoms with van der Waals surface area (Å²) in [5.74, 6) is 1.66. The number of aromatic nitrogens is 5. The molecule has 0 radical (unpaired) electrons. The summed E-state index contributed by atoms with van der Waals surface area (Å²) in [6.45, 7) is 1.82. The van der Waals surface area contributed by atoms with Gasteiger partial charge < -0.3 is 14.2 Å². The van der Waals surface area contributed by atoms with Gasteiger partial charge in [0, 0.05) is 7.05 Å². The molecule has 0 aliphatic heterocycles. The molecule has 0 aliphatic rings. The van der Waals surface area contributed by atoms with Crippen molar-refractivity contribution < 1.29 is 9.63 Å². The second kappa shape index (κ2) is 5.96. The molecular formula is C12H13N5O2S2. The fourth-order valence-corrected chi connectivity index (χ4v) is 3.21. The highest BCUT2D eigenvalue weighted by atomic mass is 32.2. The zero-order valence-corrected chi connectivity index (χ0v) is 13.1. The maximum absolute atomic E-state index is 9.12. The maximum Gasteiger partial charge on any atom is 0.240 e. The predicted molar refractivity (Wildman–Crippen MR) is 78.8 cm³/mol. The van der Waals surface area contributed by atoms with E-state index < -0.39 is 0 Å². The second-order valence-corrected chi connectivity index (χ2v) is 6.57. The molecule has 0 bridgehead atoms. The van der Waals surface area contributed by atoms with Crippen LogP contribution in [0.1, 0.15) is 23.9 Å². The van der Waals surface area contributed by atoms with Gasteiger partial charge in [-0.05, 0) is 18.4 Å². The average Bonchev–Trinajstić information content (AvgIpc) is 3.19. The molecule has 21 heavy (non-hydrogen) atoms. The lowest BCUT2D eigenvalue weighted by Gasteiger charge is -2.05. The summed E-state index contributed by atoms with van der Waals surface area (Å²) in [6, 6.07) is 3.90. The second-order valence-electron chi connectivity index (χ2n) is 4.31. The van der Waals surface area contributed by atoms with Gasteiger partial charge in [-0.25, -0.2) is 0 Å². The van der Waals surface area contributed by atoms with E-state index in [0.29, 0.717) is 22.7 Å². The summed E-state index contributed by atoms with van der Waals surface area (Å²) in [5.41, 5.74) is 0. The number of thioether (sulfide) groups is 1. The third-order valence-electron chi connectivity index (χ3n) is 2.88. The Balaban J connectivity index is 1.76. The molecule has 0 aliphatic carbocycles. The molecule has 0 saturated carbocycles. The van der Waals surface area contributed by atoms with Crippen molar-refractivity contribution in [3.05, 3.63) is 29.2 Å². The van der Waals surface area contributed by atoms with Crippen LogP contribution in [0.15, 0.2) is 27.2 Å². The lowest BCUT2D eigenvalue weighted by atomic mass is 10.4. The Morgan fingerprint density at radius 1 is 1.48 bits per heavy atom. The molecule has 0 fully saturated rings. The summed E-state index contributed by atoms with van der Waals surface area (Å²) < 4.78 is 7.06. The molecule has 1 N–H and O–H groups in total. The topological polar surface area (TPSA) is 89.9 Å². The molecule has 3 aromatic heterocycles. The minimum Gasteiger partial charge on any atom is -0.388 e. The largest absolute Gasteiger partial charge is 0.388 e. The number of rotatable bonds is 5. The summed E-state index contributed by atoms with van der Waals surface area (Å²) in [7, 11) is 1.81. The van der Waals surface area contributed by atoms with Gasteiger partial charge in [0.05, 0.1) is 10.1 Å². The van der Waals surface area contributed by atoms with Crippen LogP contribution in [-0.2, 0) is 13.7 Å². The fraction of sp³-hybridized carbons (Fsp3) is 0.333. The highest BCUT2D eigenvalue weighted by Gasteiger charge is 2.20. The van der Waals surface area contributed by atoms with Crippen LogP contribution in [0.25, 0.3) is 10.7 Å². The van der Waals surface area contributed by atoms with Crippen molar-refractivity contribution in [1.82, 2.24) is 24.9 Å². The minimum absolute atomic E-state index is 0.0549. The third-order valence-corrected chi connectivity index (χ3v) is 4.87. The van der Waals surface area contributed by atoms with E-state index in [2.05, 4.69) is 20.3 Å². The van der Waals surface area contributed by atoms with E-state index >= 15 is 0 Å². The Morgan fingerprint density at radius 3 is 3.00 bits per heavy atom. The minimum atomic E-state index is -0.137. The van der Waals surface area contributed by atoms with Crippen LogP contribution in [0.3, 0.4) is 0 Å². The molecular weight excluding hydrogens is 310 g/mol. The molecule has 0 spiro atoms. The first-order chi connectivity index (χ1) is 10.2. The lowest BCUT2D eigenvalue weighted by molar-refractivity contribution is 0.266. The van der Waals surface area contributed by atoms with E-state index in [-0.39, 0.29) is 11.9 Å². The Labute approximate surface area is 129 Å². The molecule has 0 aromatic carbocycles. The molecule has 1 atom stereocenters. The van der Waals surface area contributed by atoms with E-state index in [1.54, 1.807) is 15.9 Å². The van der Waals surface area contributed by atoms with Crippen LogP contribution < -0.4 is 0 Å². The van der Waals surface area contributed by atoms with Gasteiger partial charge in [0.2, 0.25) is 11.7 Å². The molecule has 7 nitrogen and oxygen atoms in total. The van der Waals surface area contributed by atoms with E-state index in [4.69, 9.17) is 9.63 Å². The Bertz CT molecular complexity index is 722. The van der Waals surface area contributed by atoms with Crippen molar-refractivity contribution in [2.75, 3.05) is 0 Å². The number of nitrogens with zero attached hydrogens (tertiary/aromatic N) is 5. The number of thiophene rings is 1. The Kier molecular flexibility index (Phi) is 4.04. The first-order valence-corrected chi connectivity index (χ1v) is 7.98. The van der Waals surface area contributed by atoms with Gasteiger partial charge in [-0.15, -0.1) is 21.5 Å². The molecule has 3 heterocycles. The summed E-state index contributed by atoms with van der Waals surface area (Å²) in [5, 5.41) is 23.7. The van der Waals surface area contributed by atoms with Gasteiger partial charge in [0.15, 0.2) is 11.0 Å². The quantitative estimate of drug-likeness (QED) is 0.720. The van der Waals surface area contributed by atoms with Gasteiger partial charge in [0.1, 0.15) is 6.61 Å². The van der Waals surface area contributed by atoms with Crippen molar-refractivity contribution in [2.24, 2.45) is 7.05 Å². The highest BCUT2D eigenvalue weighted by molar-refractivity contribution is 7.99. The molecule has 0 saturated heterocycles. The van der Waals surface area contributed by atoms with Gasteiger partial charge in [-0.2, -0.15) is 4.98 Å². The lowest BCUT2D eigenvalue weighted by Crippen LogP contribution is -1.99. The van der Waals surface area contributed by atoms with Crippen molar-refractivity contribution in [3.8, 4) is 10.7 Å². The molecule has 3 rings (SSSR count). The van der Waals surface area contributed by atoms with Gasteiger partial charge in [0.25, 0.3) is 0 Å². The SMILES string of the molecule is CC(Sc1nnc(CO)n1C)c1nc(-c2cccs2)no1. The Morgan fingerprint density at radius 2 is 2.33 bits per heavy atom. The van der Waals surface area contributed by atoms with Gasteiger partial charge >= 0.3 is 0 Å². The number of hydrogen-bond acceptors (Lipinski definition) is 8. The van der Waals surface area contributed by atoms with Crippen LogP contribution in [0, 0.1) is 0 Å². The van der Waals surface area contributed by atoms with Crippen LogP contribution in [0.4, 0.5) is 0 Å². The maximum atomic E-state index is 9.12. The molecule has 0 amide bonds. The molecule has 1 unspecified atom stereocenters. The van der Waals surface area contributed by atoms with E-state index in [0.717, 1.165) is 4.88 Å². The van der Waals surface area contributed by atoms with Crippen LogP contribution in [-0.4, -0.2) is 30.0 Å². The summed E-state index contributed by atoms with van der Waals surface area (Å²) >= 11 is 3.02. The molecule has 3 aromatic rings. The van der Waals surface area contributed by atoms with E-state index in [9.17, 15) is 0 Å². The first kappa shape index (κ1) is 14.2. The van der Waals surface area contributed by atoms with Gasteiger partial charge in [-0.1, -0.05) is 23.0 Å². The molecule has 9 heteroatoms. The fourth-order valence-electron chi connectivity index (χ4n) is 1.70. The molecule has 110 valence electrons. The van der Waals surface area contributed by atoms with Crippen LogP contribution in [0.5, 0.6) is 0 Å². The average molecular weight is 323 g/mol. The van der Waals surface area contributed by atoms with Crippen molar-refractivity contribution >= 4 is 23.1 Å². The first-order valence-electron chi connectivity index (χ1n) is 6.22. The van der Waals surface area contributed by atoms with E-state index in [1.807, 2.05) is 31.5 Å². The van der Waals surface area contributed by atoms with Crippen molar-refractivity contribution in [1.29, 1.82) is 0 Å². The zero-order chi connectivity index (χ0) is 14.8. The van der Waals surface area contributed by atoms with Crippen molar-refractivity contribution in [3.63, 3.8) is 0 Å². The predicted octanol–water partition coefficient (Wildman–Crippen LogP) is 2.27. The van der Waals surface area contributed by atoms with Crippen molar-refractivity contribution in [2.45, 2.75) is 23.9 Å². The monoisotopic (exact) mass is 323 g/mol. The third kappa shape index (κ3) is 2.85. The van der Waals surface area contributed by atoms with E-state index in [1.165, 1.54) is 11.8 Å². The van der Waals surface area contributed by atoms with Gasteiger partial charge in [-0.3, -0.25) is 0 Å². The summed E-state index contributed by atoms with van der Waals surface area (Å²) in [6.07, 6.45) is 0. The number of aliphatic hydroxyl groups is 1. The van der Waals surface area contributed by atoms with Crippen LogP contribution >= 0.6 is 23.1 Å². The number of hydrogen-bond donors (Lipinski definition) is 1. The zero-order valence-electron chi connectivity index (χ0n) is 11.4. The smallest absolute Gasteiger partial charge is 0.240 e. The Hall–Kier alpha value is -1.71. The van der Waals surface area contributed by atoms with Crippen LogP contribution in [0.2, 0.25) is 0 Å². The highest BCUT2D eigenvalue weighted by Crippen LogP contribution is 2.34. The normalized spacial score (nSPS) is 12.7.